The number of anilines is 1. The predicted octanol–water partition coefficient (Wildman–Crippen LogP) is 4.31. The van der Waals surface area contributed by atoms with Crippen LogP contribution in [0.3, 0.4) is 0 Å². The van der Waals surface area contributed by atoms with Gasteiger partial charge in [-0.05, 0) is 64.9 Å². The van der Waals surface area contributed by atoms with Crippen molar-refractivity contribution in [3.05, 3.63) is 62.7 Å². The third-order valence-corrected chi connectivity index (χ3v) is 4.99. The van der Waals surface area contributed by atoms with Crippen LogP contribution in [0, 0.1) is 10.5 Å². The highest BCUT2D eigenvalue weighted by Crippen LogP contribution is 2.33. The van der Waals surface area contributed by atoms with Gasteiger partial charge < -0.3 is 14.8 Å². The summed E-state index contributed by atoms with van der Waals surface area (Å²) in [6, 6.07) is 8.68. The summed E-state index contributed by atoms with van der Waals surface area (Å²) in [5.41, 5.74) is 4.44. The fourth-order valence-electron chi connectivity index (χ4n) is 2.34. The molecule has 2 aromatic carbocycles. The Morgan fingerprint density at radius 2 is 2.03 bits per heavy atom. The Balaban J connectivity index is 1.93. The van der Waals surface area contributed by atoms with Crippen LogP contribution in [0.15, 0.2) is 48.1 Å². The van der Waals surface area contributed by atoms with Gasteiger partial charge in [-0.1, -0.05) is 30.3 Å². The lowest BCUT2D eigenvalue weighted by Crippen LogP contribution is -2.24. The van der Waals surface area contributed by atoms with Crippen LogP contribution in [0.5, 0.6) is 11.5 Å². The van der Waals surface area contributed by atoms with Crippen LogP contribution in [-0.2, 0) is 9.59 Å². The van der Waals surface area contributed by atoms with Crippen molar-refractivity contribution >= 4 is 57.9 Å². The van der Waals surface area contributed by atoms with E-state index in [0.29, 0.717) is 34.4 Å². The second-order valence-electron chi connectivity index (χ2n) is 6.12. The van der Waals surface area contributed by atoms with Gasteiger partial charge in [-0.3, -0.25) is 9.59 Å². The van der Waals surface area contributed by atoms with Crippen molar-refractivity contribution in [1.82, 2.24) is 5.43 Å². The number of nitrogens with zero attached hydrogens (tertiary/aromatic N) is 1. The Morgan fingerprint density at radius 3 is 2.70 bits per heavy atom. The molecule has 0 aliphatic rings. The second kappa shape index (κ2) is 11.6. The molecule has 0 heterocycles. The van der Waals surface area contributed by atoms with E-state index in [9.17, 15) is 9.59 Å². The summed E-state index contributed by atoms with van der Waals surface area (Å²) < 4.78 is 11.8. The smallest absolute Gasteiger partial charge is 0.249 e. The molecular formula is C21H21ClIN3O4. The van der Waals surface area contributed by atoms with E-state index in [-0.39, 0.29) is 6.42 Å². The Bertz CT molecular complexity index is 979. The number of carbonyl (C=O) groups excluding carboxylic acids is 2. The summed E-state index contributed by atoms with van der Waals surface area (Å²) in [4.78, 5) is 23.9. The normalized spacial score (nSPS) is 10.5. The van der Waals surface area contributed by atoms with E-state index in [0.717, 1.165) is 9.13 Å². The summed E-state index contributed by atoms with van der Waals surface area (Å²) in [6.45, 7) is 5.84. The fraction of sp³-hybridized carbons (Fsp3) is 0.190. The Morgan fingerprint density at radius 1 is 1.27 bits per heavy atom. The van der Waals surface area contributed by atoms with E-state index in [1.165, 1.54) is 13.3 Å². The topological polar surface area (TPSA) is 89.0 Å². The average Bonchev–Trinajstić information content (AvgIpc) is 2.69. The third kappa shape index (κ3) is 7.03. The first-order chi connectivity index (χ1) is 14.3. The van der Waals surface area contributed by atoms with E-state index < -0.39 is 11.8 Å². The molecule has 0 fully saturated rings. The van der Waals surface area contributed by atoms with Crippen molar-refractivity contribution < 1.29 is 19.1 Å². The largest absolute Gasteiger partial charge is 0.493 e. The summed E-state index contributed by atoms with van der Waals surface area (Å²) in [6.07, 6.45) is 2.72. The third-order valence-electron chi connectivity index (χ3n) is 3.78. The molecule has 2 rings (SSSR count). The zero-order valence-electron chi connectivity index (χ0n) is 16.5. The van der Waals surface area contributed by atoms with E-state index in [1.807, 2.05) is 13.0 Å². The SMILES string of the molecule is C=CCOc1c(I)cc(C=NNC(=O)CC(=O)Nc2ccc(C)c(Cl)c2)cc1OC. The minimum absolute atomic E-state index is 0.354. The van der Waals surface area contributed by atoms with Crippen LogP contribution in [0.4, 0.5) is 5.69 Å². The van der Waals surface area contributed by atoms with Gasteiger partial charge in [0.25, 0.3) is 0 Å². The second-order valence-corrected chi connectivity index (χ2v) is 7.69. The molecule has 0 saturated carbocycles. The zero-order valence-corrected chi connectivity index (χ0v) is 19.4. The molecule has 0 saturated heterocycles. The van der Waals surface area contributed by atoms with Gasteiger partial charge in [-0.2, -0.15) is 5.10 Å². The van der Waals surface area contributed by atoms with Crippen LogP contribution >= 0.6 is 34.2 Å². The van der Waals surface area contributed by atoms with E-state index in [2.05, 4.69) is 45.0 Å². The minimum atomic E-state index is -0.547. The Hall–Kier alpha value is -2.59. The predicted molar refractivity (Wildman–Crippen MR) is 127 cm³/mol. The number of nitrogens with one attached hydrogen (secondary N) is 2. The number of aryl methyl sites for hydroxylation is 1. The number of carbonyl (C=O) groups is 2. The van der Waals surface area contributed by atoms with Gasteiger partial charge in [0.15, 0.2) is 11.5 Å². The van der Waals surface area contributed by atoms with Crippen molar-refractivity contribution in [2.24, 2.45) is 5.10 Å². The maximum absolute atomic E-state index is 12.0. The first kappa shape index (κ1) is 23.7. The molecule has 0 aliphatic heterocycles. The highest BCUT2D eigenvalue weighted by atomic mass is 127. The molecule has 7 nitrogen and oxygen atoms in total. The van der Waals surface area contributed by atoms with E-state index >= 15 is 0 Å². The number of amides is 2. The number of rotatable bonds is 9. The van der Waals surface area contributed by atoms with Crippen LogP contribution in [0.2, 0.25) is 5.02 Å². The molecule has 0 aliphatic carbocycles. The number of hydrazone groups is 1. The number of methoxy groups -OCH3 is 1. The number of ether oxygens (including phenoxy) is 2. The Labute approximate surface area is 193 Å². The summed E-state index contributed by atoms with van der Waals surface area (Å²) in [5, 5.41) is 7.05. The molecule has 0 aromatic heterocycles. The van der Waals surface area contributed by atoms with Gasteiger partial charge in [0.05, 0.1) is 16.9 Å². The van der Waals surface area contributed by atoms with Gasteiger partial charge in [0, 0.05) is 10.7 Å². The fourth-order valence-corrected chi connectivity index (χ4v) is 3.30. The quantitative estimate of drug-likeness (QED) is 0.163. The lowest BCUT2D eigenvalue weighted by Gasteiger charge is -2.12. The van der Waals surface area contributed by atoms with Crippen molar-refractivity contribution in [2.75, 3.05) is 19.0 Å². The number of hydrogen-bond acceptors (Lipinski definition) is 5. The van der Waals surface area contributed by atoms with Gasteiger partial charge in [-0.25, -0.2) is 5.43 Å². The van der Waals surface area contributed by atoms with Gasteiger partial charge in [0.2, 0.25) is 11.8 Å². The van der Waals surface area contributed by atoms with Gasteiger partial charge in [-0.15, -0.1) is 0 Å². The molecule has 2 aromatic rings. The molecule has 0 atom stereocenters. The summed E-state index contributed by atoms with van der Waals surface area (Å²) in [5.74, 6) is 0.122. The molecule has 0 radical (unpaired) electrons. The van der Waals surface area contributed by atoms with Crippen molar-refractivity contribution in [1.29, 1.82) is 0 Å². The number of halogens is 2. The average molecular weight is 542 g/mol. The number of hydrogen-bond donors (Lipinski definition) is 2. The van der Waals surface area contributed by atoms with E-state index in [4.69, 9.17) is 21.1 Å². The van der Waals surface area contributed by atoms with Crippen molar-refractivity contribution in [2.45, 2.75) is 13.3 Å². The molecule has 0 spiro atoms. The molecule has 0 unspecified atom stereocenters. The standard InChI is InChI=1S/C21H21ClIN3O4/c1-4-7-30-21-17(23)8-14(9-18(21)29-3)12-24-26-20(28)11-19(27)25-15-6-5-13(2)16(22)10-15/h4-6,8-10,12H,1,7,11H2,2-3H3,(H,25,27)(H,26,28). The molecule has 2 N–H and O–H groups in total. The van der Waals surface area contributed by atoms with Crippen LogP contribution < -0.4 is 20.2 Å². The Kier molecular flexibility index (Phi) is 9.13. The minimum Gasteiger partial charge on any atom is -0.493 e. The van der Waals surface area contributed by atoms with Crippen molar-refractivity contribution in [3.63, 3.8) is 0 Å². The number of benzene rings is 2. The first-order valence-electron chi connectivity index (χ1n) is 8.83. The summed E-state index contributed by atoms with van der Waals surface area (Å²) >= 11 is 8.15. The molecule has 2 amide bonds. The lowest BCUT2D eigenvalue weighted by molar-refractivity contribution is -0.126. The lowest BCUT2D eigenvalue weighted by atomic mass is 10.2. The first-order valence-corrected chi connectivity index (χ1v) is 10.3. The van der Waals surface area contributed by atoms with E-state index in [1.54, 1.807) is 30.3 Å². The van der Waals surface area contributed by atoms with Crippen LogP contribution in [-0.4, -0.2) is 31.7 Å². The highest BCUT2D eigenvalue weighted by Gasteiger charge is 2.12. The molecule has 9 heteroatoms. The van der Waals surface area contributed by atoms with Gasteiger partial charge >= 0.3 is 0 Å². The molecule has 0 bridgehead atoms. The zero-order chi connectivity index (χ0) is 22.1. The van der Waals surface area contributed by atoms with Gasteiger partial charge in [0.1, 0.15) is 13.0 Å². The maximum Gasteiger partial charge on any atom is 0.249 e. The maximum atomic E-state index is 12.0. The molecular weight excluding hydrogens is 521 g/mol. The molecule has 30 heavy (non-hydrogen) atoms. The monoisotopic (exact) mass is 541 g/mol. The van der Waals surface area contributed by atoms with Crippen LogP contribution in [0.25, 0.3) is 0 Å². The highest BCUT2D eigenvalue weighted by molar-refractivity contribution is 14.1. The van der Waals surface area contributed by atoms with Crippen LogP contribution in [0.1, 0.15) is 17.5 Å². The van der Waals surface area contributed by atoms with Crippen molar-refractivity contribution in [3.8, 4) is 11.5 Å². The molecule has 158 valence electrons. The summed E-state index contributed by atoms with van der Waals surface area (Å²) in [7, 11) is 1.54.